The van der Waals surface area contributed by atoms with Gasteiger partial charge in [-0.15, -0.1) is 0 Å². The summed E-state index contributed by atoms with van der Waals surface area (Å²) in [7, 11) is 0. The van der Waals surface area contributed by atoms with Crippen LogP contribution in [0.4, 0.5) is 4.79 Å². The van der Waals surface area contributed by atoms with Crippen molar-refractivity contribution >= 4 is 11.9 Å². The number of nitrogens with zero attached hydrogens (tertiary/aromatic N) is 2. The maximum absolute atomic E-state index is 12.6. The maximum atomic E-state index is 12.6. The smallest absolute Gasteiger partial charge is 0.318 e. The van der Waals surface area contributed by atoms with Crippen LogP contribution in [0.5, 0.6) is 0 Å². The number of nitrogens with one attached hydrogen (secondary N) is 1. The Labute approximate surface area is 143 Å². The summed E-state index contributed by atoms with van der Waals surface area (Å²) in [4.78, 5) is 28.2. The molecule has 0 aromatic heterocycles. The van der Waals surface area contributed by atoms with E-state index in [1.54, 1.807) is 16.7 Å². The van der Waals surface area contributed by atoms with Crippen LogP contribution >= 0.6 is 0 Å². The van der Waals surface area contributed by atoms with E-state index in [2.05, 4.69) is 5.32 Å². The molecule has 132 valence electrons. The SMILES string of the molecule is CCN(CC)C(=O)N[C@@H](C)C(=O)N1CCOC(c2ccccc2)C1. The maximum Gasteiger partial charge on any atom is 0.318 e. The quantitative estimate of drug-likeness (QED) is 0.897. The van der Waals surface area contributed by atoms with Crippen LogP contribution in [-0.2, 0) is 9.53 Å². The highest BCUT2D eigenvalue weighted by Crippen LogP contribution is 2.22. The average molecular weight is 333 g/mol. The highest BCUT2D eigenvalue weighted by atomic mass is 16.5. The molecule has 1 heterocycles. The molecule has 1 saturated heterocycles. The first-order valence-corrected chi connectivity index (χ1v) is 8.57. The van der Waals surface area contributed by atoms with E-state index in [0.717, 1.165) is 5.56 Å². The number of carbonyl (C=O) groups excluding carboxylic acids is 2. The minimum absolute atomic E-state index is 0.0697. The molecule has 1 aromatic rings. The second-order valence-corrected chi connectivity index (χ2v) is 5.90. The van der Waals surface area contributed by atoms with E-state index in [-0.39, 0.29) is 18.0 Å². The van der Waals surface area contributed by atoms with Gasteiger partial charge in [0.2, 0.25) is 5.91 Å². The minimum atomic E-state index is -0.548. The van der Waals surface area contributed by atoms with E-state index in [9.17, 15) is 9.59 Å². The Morgan fingerprint density at radius 3 is 2.58 bits per heavy atom. The van der Waals surface area contributed by atoms with Crippen molar-refractivity contribution in [2.45, 2.75) is 32.9 Å². The van der Waals surface area contributed by atoms with Crippen LogP contribution in [0, 0.1) is 0 Å². The van der Waals surface area contributed by atoms with Crippen molar-refractivity contribution in [1.82, 2.24) is 15.1 Å². The molecule has 3 amide bonds. The summed E-state index contributed by atoms with van der Waals surface area (Å²) in [5, 5.41) is 2.79. The van der Waals surface area contributed by atoms with Crippen LogP contribution in [0.2, 0.25) is 0 Å². The largest absolute Gasteiger partial charge is 0.370 e. The zero-order valence-corrected chi connectivity index (χ0v) is 14.7. The molecule has 0 aliphatic carbocycles. The molecule has 2 rings (SSSR count). The molecule has 24 heavy (non-hydrogen) atoms. The van der Waals surface area contributed by atoms with E-state index in [1.807, 2.05) is 44.2 Å². The fraction of sp³-hybridized carbons (Fsp3) is 0.556. The van der Waals surface area contributed by atoms with Crippen molar-refractivity contribution in [2.75, 3.05) is 32.8 Å². The topological polar surface area (TPSA) is 61.9 Å². The van der Waals surface area contributed by atoms with Gasteiger partial charge in [0.25, 0.3) is 0 Å². The summed E-state index contributed by atoms with van der Waals surface area (Å²) >= 11 is 0. The summed E-state index contributed by atoms with van der Waals surface area (Å²) in [5.41, 5.74) is 1.06. The van der Waals surface area contributed by atoms with Gasteiger partial charge in [0, 0.05) is 19.6 Å². The Kier molecular flexibility index (Phi) is 6.61. The lowest BCUT2D eigenvalue weighted by molar-refractivity contribution is -0.140. The van der Waals surface area contributed by atoms with Crippen molar-refractivity contribution in [3.05, 3.63) is 35.9 Å². The Morgan fingerprint density at radius 1 is 1.29 bits per heavy atom. The number of urea groups is 1. The molecule has 1 unspecified atom stereocenters. The molecule has 6 nitrogen and oxygen atoms in total. The van der Waals surface area contributed by atoms with E-state index in [0.29, 0.717) is 32.8 Å². The first-order chi connectivity index (χ1) is 11.6. The molecule has 0 bridgehead atoms. The van der Waals surface area contributed by atoms with Crippen LogP contribution in [0.3, 0.4) is 0 Å². The van der Waals surface area contributed by atoms with Crippen molar-refractivity contribution in [3.63, 3.8) is 0 Å². The van der Waals surface area contributed by atoms with Crippen LogP contribution in [0.25, 0.3) is 0 Å². The predicted octanol–water partition coefficient (Wildman–Crippen LogP) is 2.03. The van der Waals surface area contributed by atoms with E-state index in [4.69, 9.17) is 4.74 Å². The van der Waals surface area contributed by atoms with Gasteiger partial charge in [0.1, 0.15) is 12.1 Å². The van der Waals surface area contributed by atoms with Gasteiger partial charge in [-0.3, -0.25) is 4.79 Å². The molecule has 1 fully saturated rings. The van der Waals surface area contributed by atoms with Gasteiger partial charge in [-0.05, 0) is 26.3 Å². The van der Waals surface area contributed by atoms with Gasteiger partial charge in [0.05, 0.1) is 13.2 Å². The lowest BCUT2D eigenvalue weighted by atomic mass is 10.1. The number of morpholine rings is 1. The Hall–Kier alpha value is -2.08. The van der Waals surface area contributed by atoms with Crippen molar-refractivity contribution in [1.29, 1.82) is 0 Å². The van der Waals surface area contributed by atoms with Crippen LogP contribution in [0.1, 0.15) is 32.4 Å². The van der Waals surface area contributed by atoms with E-state index >= 15 is 0 Å². The van der Waals surface area contributed by atoms with Crippen molar-refractivity contribution in [2.24, 2.45) is 0 Å². The third-order valence-electron chi connectivity index (χ3n) is 4.31. The van der Waals surface area contributed by atoms with Crippen LogP contribution < -0.4 is 5.32 Å². The zero-order valence-electron chi connectivity index (χ0n) is 14.7. The Balaban J connectivity index is 1.95. The summed E-state index contributed by atoms with van der Waals surface area (Å²) in [6.07, 6.45) is -0.116. The number of carbonyl (C=O) groups is 2. The summed E-state index contributed by atoms with van der Waals surface area (Å²) < 4.78 is 5.79. The molecular weight excluding hydrogens is 306 g/mol. The average Bonchev–Trinajstić information content (AvgIpc) is 2.63. The summed E-state index contributed by atoms with van der Waals surface area (Å²) in [6.45, 7) is 8.37. The van der Waals surface area contributed by atoms with Crippen LogP contribution in [-0.4, -0.2) is 60.6 Å². The second kappa shape index (κ2) is 8.68. The zero-order chi connectivity index (χ0) is 17.5. The highest BCUT2D eigenvalue weighted by Gasteiger charge is 2.29. The molecule has 1 N–H and O–H groups in total. The first-order valence-electron chi connectivity index (χ1n) is 8.57. The van der Waals surface area contributed by atoms with Crippen molar-refractivity contribution < 1.29 is 14.3 Å². The summed E-state index contributed by atoms with van der Waals surface area (Å²) in [5.74, 6) is -0.0697. The number of hydrogen-bond donors (Lipinski definition) is 1. The molecule has 2 atom stereocenters. The summed E-state index contributed by atoms with van der Waals surface area (Å²) in [6, 6.07) is 9.15. The molecule has 0 radical (unpaired) electrons. The first kappa shape index (κ1) is 18.3. The van der Waals surface area contributed by atoms with Gasteiger partial charge in [-0.25, -0.2) is 4.79 Å². The number of hydrogen-bond acceptors (Lipinski definition) is 3. The molecule has 1 aliphatic rings. The van der Waals surface area contributed by atoms with Crippen LogP contribution in [0.15, 0.2) is 30.3 Å². The molecule has 0 spiro atoms. The Bertz CT molecular complexity index is 546. The fourth-order valence-electron chi connectivity index (χ4n) is 2.84. The number of amides is 3. The molecule has 0 saturated carbocycles. The van der Waals surface area contributed by atoms with Gasteiger partial charge in [0.15, 0.2) is 0 Å². The fourth-order valence-corrected chi connectivity index (χ4v) is 2.84. The molecule has 6 heteroatoms. The Morgan fingerprint density at radius 2 is 1.96 bits per heavy atom. The standard InChI is InChI=1S/C18H27N3O3/c1-4-20(5-2)18(23)19-14(3)17(22)21-11-12-24-16(13-21)15-9-7-6-8-10-15/h6-10,14,16H,4-5,11-13H2,1-3H3,(H,19,23)/t14-,16?/m0/s1. The monoisotopic (exact) mass is 333 g/mol. The second-order valence-electron chi connectivity index (χ2n) is 5.90. The van der Waals surface area contributed by atoms with E-state index < -0.39 is 6.04 Å². The lowest BCUT2D eigenvalue weighted by Gasteiger charge is -2.35. The van der Waals surface area contributed by atoms with Gasteiger partial charge in [-0.2, -0.15) is 0 Å². The van der Waals surface area contributed by atoms with Gasteiger partial charge < -0.3 is 19.9 Å². The van der Waals surface area contributed by atoms with Gasteiger partial charge in [-0.1, -0.05) is 30.3 Å². The normalized spacial score (nSPS) is 18.8. The third-order valence-corrected chi connectivity index (χ3v) is 4.31. The molecule has 1 aromatic carbocycles. The third kappa shape index (κ3) is 4.47. The molecular formula is C18H27N3O3. The van der Waals surface area contributed by atoms with Crippen molar-refractivity contribution in [3.8, 4) is 0 Å². The minimum Gasteiger partial charge on any atom is -0.370 e. The molecule has 1 aliphatic heterocycles. The number of ether oxygens (including phenoxy) is 1. The predicted molar refractivity (Wildman–Crippen MR) is 92.6 cm³/mol. The number of benzene rings is 1. The lowest BCUT2D eigenvalue weighted by Crippen LogP contribution is -2.53. The van der Waals surface area contributed by atoms with Gasteiger partial charge >= 0.3 is 6.03 Å². The highest BCUT2D eigenvalue weighted by molar-refractivity contribution is 5.86. The number of rotatable bonds is 5. The van der Waals surface area contributed by atoms with E-state index in [1.165, 1.54) is 0 Å².